The molecular weight excluding hydrogens is 387 g/mol. The molecule has 2 aromatic rings. The van der Waals surface area contributed by atoms with Crippen molar-refractivity contribution in [2.24, 2.45) is 0 Å². The molecule has 0 unspecified atom stereocenters. The van der Waals surface area contributed by atoms with Crippen LogP contribution in [0.1, 0.15) is 24.5 Å². The number of hydrogen-bond donors (Lipinski definition) is 2. The molecule has 0 aliphatic carbocycles. The zero-order chi connectivity index (χ0) is 21.9. The van der Waals surface area contributed by atoms with Gasteiger partial charge in [0.2, 0.25) is 11.8 Å². The number of amides is 2. The minimum absolute atomic E-state index is 0.152. The maximum absolute atomic E-state index is 13.1. The largest absolute Gasteiger partial charge is 0.467 e. The van der Waals surface area contributed by atoms with Gasteiger partial charge in [0.05, 0.1) is 7.11 Å². The molecule has 2 rings (SSSR count). The summed E-state index contributed by atoms with van der Waals surface area (Å²) >= 11 is 0. The second-order valence-corrected chi connectivity index (χ2v) is 6.72. The van der Waals surface area contributed by atoms with Crippen molar-refractivity contribution in [2.75, 3.05) is 7.11 Å². The minimum atomic E-state index is -0.918. The van der Waals surface area contributed by atoms with Crippen LogP contribution in [0, 0.1) is 5.82 Å². The Labute approximate surface area is 175 Å². The van der Waals surface area contributed by atoms with Crippen molar-refractivity contribution in [3.63, 3.8) is 0 Å². The van der Waals surface area contributed by atoms with Gasteiger partial charge >= 0.3 is 5.97 Å². The minimum Gasteiger partial charge on any atom is -0.467 e. The fourth-order valence-corrected chi connectivity index (χ4v) is 2.84. The highest BCUT2D eigenvalue weighted by molar-refractivity contribution is 5.90. The molecule has 2 aromatic carbocycles. The molecule has 158 valence electrons. The fraction of sp³-hybridized carbons (Fsp3) is 0.261. The van der Waals surface area contributed by atoms with Gasteiger partial charge in [-0.15, -0.1) is 0 Å². The molecule has 30 heavy (non-hydrogen) atoms. The molecule has 0 saturated heterocycles. The van der Waals surface area contributed by atoms with E-state index in [9.17, 15) is 18.8 Å². The third-order valence-corrected chi connectivity index (χ3v) is 4.33. The first-order chi connectivity index (χ1) is 14.4. The van der Waals surface area contributed by atoms with Crippen LogP contribution in [0.3, 0.4) is 0 Å². The third-order valence-electron chi connectivity index (χ3n) is 4.33. The highest BCUT2D eigenvalue weighted by Gasteiger charge is 2.26. The van der Waals surface area contributed by atoms with Crippen molar-refractivity contribution in [3.05, 3.63) is 77.6 Å². The predicted molar refractivity (Wildman–Crippen MR) is 112 cm³/mol. The monoisotopic (exact) mass is 412 g/mol. The Hall–Kier alpha value is -3.48. The molecule has 2 atom stereocenters. The van der Waals surface area contributed by atoms with E-state index >= 15 is 0 Å². The average Bonchev–Trinajstić information content (AvgIpc) is 2.74. The Morgan fingerprint density at radius 1 is 1.00 bits per heavy atom. The molecule has 7 heteroatoms. The highest BCUT2D eigenvalue weighted by Crippen LogP contribution is 2.08. The number of rotatable bonds is 9. The van der Waals surface area contributed by atoms with Gasteiger partial charge in [-0.1, -0.05) is 54.6 Å². The van der Waals surface area contributed by atoms with Crippen LogP contribution in [0.5, 0.6) is 0 Å². The van der Waals surface area contributed by atoms with E-state index in [2.05, 4.69) is 10.6 Å². The first kappa shape index (κ1) is 22.8. The summed E-state index contributed by atoms with van der Waals surface area (Å²) in [5.74, 6) is -1.91. The van der Waals surface area contributed by atoms with E-state index in [1.807, 2.05) is 36.4 Å². The number of halogens is 1. The van der Waals surface area contributed by atoms with Gasteiger partial charge in [0.15, 0.2) is 0 Å². The van der Waals surface area contributed by atoms with Gasteiger partial charge in [-0.2, -0.15) is 0 Å². The smallest absolute Gasteiger partial charge is 0.328 e. The summed E-state index contributed by atoms with van der Waals surface area (Å²) in [6.07, 6.45) is 3.98. The molecule has 2 N–H and O–H groups in total. The Balaban J connectivity index is 2.08. The Morgan fingerprint density at radius 2 is 1.67 bits per heavy atom. The summed E-state index contributed by atoms with van der Waals surface area (Å²) in [7, 11) is 1.24. The Kier molecular flexibility index (Phi) is 8.75. The summed E-state index contributed by atoms with van der Waals surface area (Å²) < 4.78 is 17.9. The van der Waals surface area contributed by atoms with E-state index in [0.717, 1.165) is 5.56 Å². The zero-order valence-corrected chi connectivity index (χ0v) is 16.9. The second kappa shape index (κ2) is 11.5. The van der Waals surface area contributed by atoms with Crippen molar-refractivity contribution in [2.45, 2.75) is 31.8 Å². The molecule has 0 bridgehead atoms. The van der Waals surface area contributed by atoms with Gasteiger partial charge in [0.25, 0.3) is 0 Å². The molecule has 0 saturated carbocycles. The lowest BCUT2D eigenvalue weighted by Gasteiger charge is -2.21. The highest BCUT2D eigenvalue weighted by atomic mass is 19.1. The number of methoxy groups -OCH3 is 1. The molecular formula is C23H25FN2O4. The molecule has 0 spiro atoms. The summed E-state index contributed by atoms with van der Waals surface area (Å²) in [6, 6.07) is 13.3. The van der Waals surface area contributed by atoms with Crippen LogP contribution in [-0.2, 0) is 25.5 Å². The van der Waals surface area contributed by atoms with Gasteiger partial charge < -0.3 is 15.4 Å². The third kappa shape index (κ3) is 7.50. The number of carbonyl (C=O) groups excluding carboxylic acids is 3. The number of nitrogens with one attached hydrogen (secondary N) is 2. The van der Waals surface area contributed by atoms with Crippen molar-refractivity contribution < 1.29 is 23.5 Å². The van der Waals surface area contributed by atoms with Gasteiger partial charge in [-0.3, -0.25) is 9.59 Å². The maximum Gasteiger partial charge on any atom is 0.328 e. The van der Waals surface area contributed by atoms with Crippen molar-refractivity contribution in [1.29, 1.82) is 0 Å². The van der Waals surface area contributed by atoms with E-state index in [1.54, 1.807) is 6.08 Å². The summed E-state index contributed by atoms with van der Waals surface area (Å²) in [4.78, 5) is 36.5. The lowest BCUT2D eigenvalue weighted by atomic mass is 10.0. The topological polar surface area (TPSA) is 84.5 Å². The predicted octanol–water partition coefficient (Wildman–Crippen LogP) is 2.63. The SMILES string of the molecule is COC(=O)[C@@H](C/C=C/c1ccccc1)NC(=O)[C@@H](Cc1ccc(F)cc1)NC(C)=O. The molecule has 2 amide bonds. The zero-order valence-electron chi connectivity index (χ0n) is 16.9. The van der Waals surface area contributed by atoms with Gasteiger partial charge in [-0.05, 0) is 29.7 Å². The number of hydrogen-bond acceptors (Lipinski definition) is 4. The van der Waals surface area contributed by atoms with Crippen LogP contribution in [0.25, 0.3) is 6.08 Å². The lowest BCUT2D eigenvalue weighted by Crippen LogP contribution is -2.52. The Morgan fingerprint density at radius 3 is 2.27 bits per heavy atom. The van der Waals surface area contributed by atoms with Gasteiger partial charge in [0.1, 0.15) is 17.9 Å². The van der Waals surface area contributed by atoms with Crippen LogP contribution in [0.2, 0.25) is 0 Å². The van der Waals surface area contributed by atoms with Crippen LogP contribution >= 0.6 is 0 Å². The van der Waals surface area contributed by atoms with Crippen LogP contribution in [0.4, 0.5) is 4.39 Å². The van der Waals surface area contributed by atoms with E-state index in [-0.39, 0.29) is 12.8 Å². The van der Waals surface area contributed by atoms with Crippen LogP contribution in [-0.4, -0.2) is 37.0 Å². The van der Waals surface area contributed by atoms with Crippen molar-refractivity contribution >= 4 is 23.9 Å². The van der Waals surface area contributed by atoms with E-state index < -0.39 is 35.7 Å². The van der Waals surface area contributed by atoms with Gasteiger partial charge in [0, 0.05) is 13.3 Å². The summed E-state index contributed by atoms with van der Waals surface area (Å²) in [5, 5.41) is 5.21. The molecule has 0 fully saturated rings. The van der Waals surface area contributed by atoms with Gasteiger partial charge in [-0.25, -0.2) is 9.18 Å². The fourth-order valence-electron chi connectivity index (χ4n) is 2.84. The number of esters is 1. The average molecular weight is 412 g/mol. The summed E-state index contributed by atoms with van der Waals surface area (Å²) in [5.41, 5.74) is 1.63. The lowest BCUT2D eigenvalue weighted by molar-refractivity contribution is -0.145. The van der Waals surface area contributed by atoms with E-state index in [4.69, 9.17) is 4.74 Å². The molecule has 0 heterocycles. The van der Waals surface area contributed by atoms with Crippen molar-refractivity contribution in [3.8, 4) is 0 Å². The molecule has 0 radical (unpaired) electrons. The molecule has 6 nitrogen and oxygen atoms in total. The first-order valence-electron chi connectivity index (χ1n) is 9.50. The normalized spacial score (nSPS) is 12.8. The van der Waals surface area contributed by atoms with E-state index in [1.165, 1.54) is 38.3 Å². The molecule has 0 aromatic heterocycles. The molecule has 0 aliphatic heterocycles. The first-order valence-corrected chi connectivity index (χ1v) is 9.50. The number of benzene rings is 2. The Bertz CT molecular complexity index is 882. The second-order valence-electron chi connectivity index (χ2n) is 6.72. The number of carbonyl (C=O) groups is 3. The molecule has 0 aliphatic rings. The number of ether oxygens (including phenoxy) is 1. The summed E-state index contributed by atoms with van der Waals surface area (Å²) in [6.45, 7) is 1.30. The maximum atomic E-state index is 13.1. The van der Waals surface area contributed by atoms with Crippen LogP contribution in [0.15, 0.2) is 60.7 Å². The van der Waals surface area contributed by atoms with Crippen molar-refractivity contribution in [1.82, 2.24) is 10.6 Å². The standard InChI is InChI=1S/C23H25FN2O4/c1-16(27)25-21(15-18-11-13-19(24)14-12-18)22(28)26-20(23(29)30-2)10-6-9-17-7-4-3-5-8-17/h3-9,11-14,20-21H,10,15H2,1-2H3,(H,25,27)(H,26,28)/b9-6+/t20-,21-/m1/s1. The quantitative estimate of drug-likeness (QED) is 0.620. The van der Waals surface area contributed by atoms with E-state index in [0.29, 0.717) is 5.56 Å². The van der Waals surface area contributed by atoms with Crippen LogP contribution < -0.4 is 10.6 Å².